The van der Waals surface area contributed by atoms with Gasteiger partial charge in [-0.05, 0) is 66.4 Å². The molecule has 0 aliphatic carbocycles. The first-order chi connectivity index (χ1) is 14.7. The van der Waals surface area contributed by atoms with Crippen LogP contribution in [0.1, 0.15) is 27.0 Å². The summed E-state index contributed by atoms with van der Waals surface area (Å²) in [7, 11) is -2.80. The zero-order valence-electron chi connectivity index (χ0n) is 16.9. The number of aryl methyl sites for hydroxylation is 1. The number of rotatable bonds is 7. The minimum Gasteiger partial charge on any atom is -0.497 e. The quantitative estimate of drug-likeness (QED) is 0.411. The van der Waals surface area contributed by atoms with E-state index in [1.807, 2.05) is 35.2 Å². The van der Waals surface area contributed by atoms with Crippen LogP contribution in [0.25, 0.3) is 0 Å². The van der Waals surface area contributed by atoms with Gasteiger partial charge in [0.1, 0.15) is 5.75 Å². The number of nitrogens with one attached hydrogen (secondary N) is 1. The summed E-state index contributed by atoms with van der Waals surface area (Å²) in [5.74, 6) is -0.458. The number of carbonyl (C=O) groups excluding carboxylic acids is 1. The van der Waals surface area contributed by atoms with Gasteiger partial charge in [-0.2, -0.15) is 0 Å². The molecule has 3 aromatic carbocycles. The molecule has 0 atom stereocenters. The van der Waals surface area contributed by atoms with E-state index in [9.17, 15) is 18.4 Å². The normalized spacial score (nSPS) is 11.2. The van der Waals surface area contributed by atoms with E-state index in [2.05, 4.69) is 0 Å². The fourth-order valence-electron chi connectivity index (χ4n) is 3.00. The molecule has 0 heterocycles. The van der Waals surface area contributed by atoms with E-state index in [1.165, 1.54) is 37.4 Å². The van der Waals surface area contributed by atoms with Crippen LogP contribution >= 0.6 is 11.6 Å². The van der Waals surface area contributed by atoms with Gasteiger partial charge in [0.05, 0.1) is 12.0 Å². The van der Waals surface area contributed by atoms with E-state index in [4.69, 9.17) is 16.3 Å². The van der Waals surface area contributed by atoms with Gasteiger partial charge >= 0.3 is 0 Å². The zero-order valence-corrected chi connectivity index (χ0v) is 18.4. The standard InChI is InChI=1S/C22H21ClN2O5S/c1-15-12-17(8-10-20(15)23)22(26)25(27)24-31(28,29)21-11-9-19(30-2)14-18(21)13-16-6-4-3-5-7-16/h3-12,14,24,27H,13H2,1-2H3. The van der Waals surface area contributed by atoms with Crippen molar-refractivity contribution in [1.82, 2.24) is 10.0 Å². The molecule has 0 fully saturated rings. The number of nitrogens with zero attached hydrogens (tertiary/aromatic N) is 1. The SMILES string of the molecule is COc1ccc(S(=O)(=O)NN(O)C(=O)c2ccc(Cl)c(C)c2)c(Cc2ccccc2)c1. The average Bonchev–Trinajstić information content (AvgIpc) is 2.75. The number of hydrazine groups is 1. The minimum atomic E-state index is -4.28. The molecule has 2 N–H and O–H groups in total. The van der Waals surface area contributed by atoms with E-state index < -0.39 is 15.9 Å². The topological polar surface area (TPSA) is 95.9 Å². The number of hydroxylamine groups is 1. The van der Waals surface area contributed by atoms with E-state index in [0.29, 0.717) is 28.3 Å². The second-order valence-electron chi connectivity index (χ2n) is 6.81. The maximum atomic E-state index is 13.0. The maximum absolute atomic E-state index is 13.0. The lowest BCUT2D eigenvalue weighted by atomic mass is 10.0. The number of hydrogen-bond acceptors (Lipinski definition) is 5. The molecule has 9 heteroatoms. The molecule has 162 valence electrons. The van der Waals surface area contributed by atoms with Gasteiger partial charge in [-0.1, -0.05) is 46.8 Å². The summed E-state index contributed by atoms with van der Waals surface area (Å²) >= 11 is 5.95. The van der Waals surface area contributed by atoms with Gasteiger partial charge in [-0.15, -0.1) is 5.17 Å². The predicted octanol–water partition coefficient (Wildman–Crippen LogP) is 3.97. The number of hydrogen-bond donors (Lipinski definition) is 2. The Morgan fingerprint density at radius 1 is 1.10 bits per heavy atom. The third-order valence-corrected chi connectivity index (χ3v) is 6.41. The Morgan fingerprint density at radius 2 is 1.81 bits per heavy atom. The first kappa shape index (κ1) is 22.8. The lowest BCUT2D eigenvalue weighted by Gasteiger charge is -2.18. The smallest absolute Gasteiger partial charge is 0.293 e. The molecule has 0 aliphatic heterocycles. The van der Waals surface area contributed by atoms with Gasteiger partial charge in [-0.25, -0.2) is 8.42 Å². The molecule has 0 aromatic heterocycles. The molecule has 31 heavy (non-hydrogen) atoms. The Labute approximate surface area is 185 Å². The third kappa shape index (κ3) is 5.42. The predicted molar refractivity (Wildman–Crippen MR) is 117 cm³/mol. The van der Waals surface area contributed by atoms with E-state index in [1.54, 1.807) is 13.0 Å². The Balaban J connectivity index is 1.90. The zero-order chi connectivity index (χ0) is 22.6. The van der Waals surface area contributed by atoms with Crippen molar-refractivity contribution in [3.05, 3.63) is 94.0 Å². The fraction of sp³-hybridized carbons (Fsp3) is 0.136. The summed E-state index contributed by atoms with van der Waals surface area (Å²) in [5, 5.41) is 10.5. The molecule has 3 rings (SSSR count). The van der Waals surface area contributed by atoms with Crippen LogP contribution in [0.3, 0.4) is 0 Å². The number of carbonyl (C=O) groups is 1. The van der Waals surface area contributed by atoms with E-state index in [-0.39, 0.29) is 15.6 Å². The highest BCUT2D eigenvalue weighted by Gasteiger charge is 2.25. The lowest BCUT2D eigenvalue weighted by Crippen LogP contribution is -2.44. The maximum Gasteiger partial charge on any atom is 0.293 e. The van der Waals surface area contributed by atoms with E-state index in [0.717, 1.165) is 5.56 Å². The Hall–Kier alpha value is -2.91. The van der Waals surface area contributed by atoms with Crippen molar-refractivity contribution in [2.75, 3.05) is 7.11 Å². The monoisotopic (exact) mass is 460 g/mol. The first-order valence-corrected chi connectivity index (χ1v) is 11.1. The largest absolute Gasteiger partial charge is 0.497 e. The molecule has 3 aromatic rings. The molecule has 0 saturated carbocycles. The fourth-order valence-corrected chi connectivity index (χ4v) is 4.25. The average molecular weight is 461 g/mol. The Morgan fingerprint density at radius 3 is 2.45 bits per heavy atom. The number of benzene rings is 3. The molecule has 1 amide bonds. The van der Waals surface area contributed by atoms with Gasteiger partial charge < -0.3 is 4.74 Å². The summed E-state index contributed by atoms with van der Waals surface area (Å²) in [6, 6.07) is 18.1. The number of ether oxygens (including phenoxy) is 1. The summed E-state index contributed by atoms with van der Waals surface area (Å²) in [6.45, 7) is 1.69. The van der Waals surface area contributed by atoms with Gasteiger partial charge in [0.25, 0.3) is 15.9 Å². The molecule has 0 spiro atoms. The van der Waals surface area contributed by atoms with Crippen LogP contribution in [0.5, 0.6) is 5.75 Å². The van der Waals surface area contributed by atoms with Crippen molar-refractivity contribution < 1.29 is 23.2 Å². The van der Waals surface area contributed by atoms with Crippen molar-refractivity contribution in [2.24, 2.45) is 0 Å². The van der Waals surface area contributed by atoms with Crippen molar-refractivity contribution >= 4 is 27.5 Å². The Kier molecular flexibility index (Phi) is 6.97. The van der Waals surface area contributed by atoms with Crippen molar-refractivity contribution in [3.63, 3.8) is 0 Å². The van der Waals surface area contributed by atoms with Crippen LogP contribution in [0.15, 0.2) is 71.6 Å². The Bertz CT molecular complexity index is 1200. The second kappa shape index (κ2) is 9.49. The van der Waals surface area contributed by atoms with Crippen LogP contribution < -0.4 is 9.57 Å². The summed E-state index contributed by atoms with van der Waals surface area (Å²) in [5.41, 5.74) is 2.03. The molecule has 7 nitrogen and oxygen atoms in total. The van der Waals surface area contributed by atoms with Crippen LogP contribution in [0, 0.1) is 6.92 Å². The van der Waals surface area contributed by atoms with Gasteiger partial charge in [0.2, 0.25) is 0 Å². The highest BCUT2D eigenvalue weighted by Crippen LogP contribution is 2.25. The molecule has 0 aliphatic rings. The summed E-state index contributed by atoms with van der Waals surface area (Å²) < 4.78 is 31.2. The molecule has 0 radical (unpaired) electrons. The second-order valence-corrected chi connectivity index (χ2v) is 8.85. The van der Waals surface area contributed by atoms with Crippen molar-refractivity contribution in [3.8, 4) is 5.75 Å². The highest BCUT2D eigenvalue weighted by molar-refractivity contribution is 7.89. The lowest BCUT2D eigenvalue weighted by molar-refractivity contribution is -0.0761. The van der Waals surface area contributed by atoms with Gasteiger partial charge in [-0.3, -0.25) is 10.0 Å². The molecule has 0 bridgehead atoms. The van der Waals surface area contributed by atoms with Crippen LogP contribution in [-0.2, 0) is 16.4 Å². The van der Waals surface area contributed by atoms with Crippen LogP contribution in [0.2, 0.25) is 5.02 Å². The van der Waals surface area contributed by atoms with E-state index >= 15 is 0 Å². The minimum absolute atomic E-state index is 0.0471. The highest BCUT2D eigenvalue weighted by atomic mass is 35.5. The van der Waals surface area contributed by atoms with Crippen molar-refractivity contribution in [1.29, 1.82) is 0 Å². The first-order valence-electron chi connectivity index (χ1n) is 9.24. The molecule has 0 unspecified atom stereocenters. The number of amides is 1. The van der Waals surface area contributed by atoms with Crippen molar-refractivity contribution in [2.45, 2.75) is 18.2 Å². The number of sulfonamides is 1. The number of halogens is 1. The molecule has 0 saturated heterocycles. The summed E-state index contributed by atoms with van der Waals surface area (Å²) in [4.78, 5) is 14.3. The molecular formula is C22H21ClN2O5S. The van der Waals surface area contributed by atoms with Crippen LogP contribution in [-0.4, -0.2) is 31.8 Å². The summed E-state index contributed by atoms with van der Waals surface area (Å²) in [6.07, 6.45) is 0.310. The number of methoxy groups -OCH3 is 1. The van der Waals surface area contributed by atoms with Gasteiger partial charge in [0.15, 0.2) is 0 Å². The third-order valence-electron chi connectivity index (χ3n) is 4.60. The molecular weight excluding hydrogens is 440 g/mol. The van der Waals surface area contributed by atoms with Crippen LogP contribution in [0.4, 0.5) is 0 Å². The van der Waals surface area contributed by atoms with Gasteiger partial charge in [0, 0.05) is 10.6 Å².